The molecule has 3 aromatic carbocycles. The lowest BCUT2D eigenvalue weighted by molar-refractivity contribution is 0.0697. The van der Waals surface area contributed by atoms with Crippen LogP contribution in [0.2, 0.25) is 0 Å². The van der Waals surface area contributed by atoms with Crippen molar-refractivity contribution in [1.29, 1.82) is 0 Å². The molecule has 3 rings (SSSR count). The van der Waals surface area contributed by atoms with Crippen LogP contribution in [0.5, 0.6) is 11.5 Å². The summed E-state index contributed by atoms with van der Waals surface area (Å²) in [5.74, 6) is 0.583. The van der Waals surface area contributed by atoms with Crippen LogP contribution < -0.4 is 4.74 Å². The molecule has 4 heteroatoms. The van der Waals surface area contributed by atoms with E-state index in [-0.39, 0.29) is 5.56 Å². The summed E-state index contributed by atoms with van der Waals surface area (Å²) in [5.41, 5.74) is 0.286. The van der Waals surface area contributed by atoms with Gasteiger partial charge in [-0.1, -0.05) is 12.1 Å². The van der Waals surface area contributed by atoms with Crippen molar-refractivity contribution in [1.82, 2.24) is 0 Å². The minimum atomic E-state index is -0.920. The summed E-state index contributed by atoms with van der Waals surface area (Å²) in [6, 6.07) is 18.4. The van der Waals surface area contributed by atoms with Crippen molar-refractivity contribution < 1.29 is 14.6 Å². The van der Waals surface area contributed by atoms with Gasteiger partial charge >= 0.3 is 5.97 Å². The Morgan fingerprint density at radius 1 is 0.857 bits per heavy atom. The molecule has 0 amide bonds. The minimum absolute atomic E-state index is 0.286. The molecule has 0 saturated carbocycles. The van der Waals surface area contributed by atoms with Crippen LogP contribution in [0.3, 0.4) is 0 Å². The molecule has 0 spiro atoms. The maximum Gasteiger partial charge on any atom is 0.335 e. The van der Waals surface area contributed by atoms with Gasteiger partial charge in [-0.15, -0.1) is 0 Å². The summed E-state index contributed by atoms with van der Waals surface area (Å²) in [6.07, 6.45) is 0. The monoisotopic (exact) mass is 390 g/mol. The van der Waals surface area contributed by atoms with Crippen molar-refractivity contribution in [3.05, 3.63) is 69.8 Å². The van der Waals surface area contributed by atoms with E-state index in [0.717, 1.165) is 25.8 Å². The van der Waals surface area contributed by atoms with Gasteiger partial charge in [-0.3, -0.25) is 0 Å². The van der Waals surface area contributed by atoms with Gasteiger partial charge in [0.15, 0.2) is 0 Å². The standard InChI is InChI=1S/C17H11IO3/c18-14-4-7-15(8-5-14)21-16-6-3-11-9-13(17(19)20)2-1-12(11)10-16/h1-10H,(H,19,20). The second-order valence-corrected chi connectivity index (χ2v) is 5.83. The highest BCUT2D eigenvalue weighted by atomic mass is 127. The van der Waals surface area contributed by atoms with E-state index in [9.17, 15) is 4.79 Å². The van der Waals surface area contributed by atoms with Crippen molar-refractivity contribution in [3.63, 3.8) is 0 Å². The van der Waals surface area contributed by atoms with Crippen molar-refractivity contribution >= 4 is 39.3 Å². The van der Waals surface area contributed by atoms with Gasteiger partial charge in [0.05, 0.1) is 5.56 Å². The summed E-state index contributed by atoms with van der Waals surface area (Å²) >= 11 is 2.24. The van der Waals surface area contributed by atoms with Crippen molar-refractivity contribution in [3.8, 4) is 11.5 Å². The van der Waals surface area contributed by atoms with Crippen LogP contribution in [0.15, 0.2) is 60.7 Å². The highest BCUT2D eigenvalue weighted by Crippen LogP contribution is 2.26. The zero-order chi connectivity index (χ0) is 14.8. The van der Waals surface area contributed by atoms with Crippen LogP contribution in [0.1, 0.15) is 10.4 Å². The van der Waals surface area contributed by atoms with Crippen LogP contribution in [-0.2, 0) is 0 Å². The molecule has 0 atom stereocenters. The number of carboxylic acids is 1. The van der Waals surface area contributed by atoms with Crippen molar-refractivity contribution in [2.75, 3.05) is 0 Å². The largest absolute Gasteiger partial charge is 0.478 e. The molecule has 0 saturated heterocycles. The minimum Gasteiger partial charge on any atom is -0.478 e. The van der Waals surface area contributed by atoms with E-state index in [2.05, 4.69) is 22.6 Å². The number of carboxylic acid groups (broad SMARTS) is 1. The smallest absolute Gasteiger partial charge is 0.335 e. The van der Waals surface area contributed by atoms with Gasteiger partial charge in [0, 0.05) is 3.57 Å². The van der Waals surface area contributed by atoms with Crippen LogP contribution in [0.25, 0.3) is 10.8 Å². The number of fused-ring (bicyclic) bond motifs is 1. The molecule has 1 N–H and O–H groups in total. The Kier molecular flexibility index (Phi) is 3.79. The van der Waals surface area contributed by atoms with Crippen molar-refractivity contribution in [2.24, 2.45) is 0 Å². The topological polar surface area (TPSA) is 46.5 Å². The fourth-order valence-electron chi connectivity index (χ4n) is 2.06. The summed E-state index contributed by atoms with van der Waals surface area (Å²) in [4.78, 5) is 11.0. The maximum absolute atomic E-state index is 11.0. The van der Waals surface area contributed by atoms with E-state index in [1.165, 1.54) is 0 Å². The van der Waals surface area contributed by atoms with Crippen LogP contribution >= 0.6 is 22.6 Å². The average molecular weight is 390 g/mol. The van der Waals surface area contributed by atoms with Gasteiger partial charge in [0.2, 0.25) is 0 Å². The third-order valence-corrected chi connectivity index (χ3v) is 3.83. The molecule has 0 aliphatic rings. The summed E-state index contributed by atoms with van der Waals surface area (Å²) in [6.45, 7) is 0. The molecule has 0 fully saturated rings. The maximum atomic E-state index is 11.0. The summed E-state index contributed by atoms with van der Waals surface area (Å²) in [7, 11) is 0. The Bertz CT molecular complexity index is 810. The summed E-state index contributed by atoms with van der Waals surface area (Å²) in [5, 5.41) is 10.8. The quantitative estimate of drug-likeness (QED) is 0.645. The molecule has 3 nitrogen and oxygen atoms in total. The number of halogens is 1. The second-order valence-electron chi connectivity index (χ2n) is 4.58. The second kappa shape index (κ2) is 5.73. The van der Waals surface area contributed by atoms with Gasteiger partial charge in [-0.25, -0.2) is 4.79 Å². The fourth-order valence-corrected chi connectivity index (χ4v) is 2.42. The Morgan fingerprint density at radius 3 is 2.19 bits per heavy atom. The first kappa shape index (κ1) is 13.9. The first-order valence-electron chi connectivity index (χ1n) is 6.32. The molecule has 0 heterocycles. The molecule has 21 heavy (non-hydrogen) atoms. The van der Waals surface area contributed by atoms with E-state index in [1.807, 2.05) is 42.5 Å². The van der Waals surface area contributed by atoms with Gasteiger partial charge in [0.1, 0.15) is 11.5 Å². The zero-order valence-electron chi connectivity index (χ0n) is 10.9. The number of benzene rings is 3. The molecule has 104 valence electrons. The number of hydrogen-bond donors (Lipinski definition) is 1. The highest BCUT2D eigenvalue weighted by molar-refractivity contribution is 14.1. The number of ether oxygens (including phenoxy) is 1. The first-order valence-corrected chi connectivity index (χ1v) is 7.40. The van der Waals surface area contributed by atoms with E-state index in [1.54, 1.807) is 18.2 Å². The molecule has 0 radical (unpaired) electrons. The lowest BCUT2D eigenvalue weighted by Gasteiger charge is -2.07. The normalized spacial score (nSPS) is 10.5. The van der Waals surface area contributed by atoms with E-state index >= 15 is 0 Å². The Hall–Kier alpha value is -2.08. The molecular formula is C17H11IO3. The van der Waals surface area contributed by atoms with Gasteiger partial charge in [0.25, 0.3) is 0 Å². The number of hydrogen-bond acceptors (Lipinski definition) is 2. The Balaban J connectivity index is 1.92. The lowest BCUT2D eigenvalue weighted by atomic mass is 10.1. The van der Waals surface area contributed by atoms with Crippen molar-refractivity contribution in [2.45, 2.75) is 0 Å². The molecule has 0 unspecified atom stereocenters. The highest BCUT2D eigenvalue weighted by Gasteiger charge is 2.05. The van der Waals surface area contributed by atoms with Crippen LogP contribution in [0, 0.1) is 3.57 Å². The SMILES string of the molecule is O=C(O)c1ccc2cc(Oc3ccc(I)cc3)ccc2c1. The molecule has 3 aromatic rings. The molecular weight excluding hydrogens is 379 g/mol. The number of carbonyl (C=O) groups is 1. The molecule has 0 aliphatic carbocycles. The third-order valence-electron chi connectivity index (χ3n) is 3.11. The first-order chi connectivity index (χ1) is 10.1. The van der Waals surface area contributed by atoms with Crippen LogP contribution in [0.4, 0.5) is 0 Å². The Labute approximate surface area is 135 Å². The number of aromatic carboxylic acids is 1. The predicted octanol–water partition coefficient (Wildman–Crippen LogP) is 4.93. The molecule has 0 aliphatic heterocycles. The van der Waals surface area contributed by atoms with Gasteiger partial charge in [-0.2, -0.15) is 0 Å². The lowest BCUT2D eigenvalue weighted by Crippen LogP contribution is -1.95. The Morgan fingerprint density at radius 2 is 1.48 bits per heavy atom. The van der Waals surface area contributed by atoms with Gasteiger partial charge in [-0.05, 0) is 81.9 Å². The van der Waals surface area contributed by atoms with Crippen LogP contribution in [-0.4, -0.2) is 11.1 Å². The summed E-state index contributed by atoms with van der Waals surface area (Å²) < 4.78 is 6.95. The predicted molar refractivity (Wildman–Crippen MR) is 90.1 cm³/mol. The molecule has 0 bridgehead atoms. The average Bonchev–Trinajstić information content (AvgIpc) is 2.49. The third kappa shape index (κ3) is 3.16. The van der Waals surface area contributed by atoms with E-state index in [4.69, 9.17) is 9.84 Å². The molecule has 0 aromatic heterocycles. The number of rotatable bonds is 3. The fraction of sp³-hybridized carbons (Fsp3) is 0. The zero-order valence-corrected chi connectivity index (χ0v) is 13.1. The van der Waals surface area contributed by atoms with E-state index in [0.29, 0.717) is 0 Å². The van der Waals surface area contributed by atoms with Gasteiger partial charge < -0.3 is 9.84 Å². The van der Waals surface area contributed by atoms with E-state index < -0.39 is 5.97 Å².